The third kappa shape index (κ3) is 1.99. The minimum Gasteiger partial charge on any atom is -0.310 e. The first kappa shape index (κ1) is 11.5. The number of fused-ring (bicyclic) bond motifs is 1. The molecule has 5 heteroatoms. The maximum atomic E-state index is 11.9. The van der Waals surface area contributed by atoms with E-state index in [0.29, 0.717) is 11.4 Å². The molecule has 0 unspecified atom stereocenters. The zero-order chi connectivity index (χ0) is 13.2. The van der Waals surface area contributed by atoms with E-state index in [9.17, 15) is 4.79 Å². The predicted molar refractivity (Wildman–Crippen MR) is 72.4 cm³/mol. The van der Waals surface area contributed by atoms with Gasteiger partial charge in [-0.25, -0.2) is 9.97 Å². The highest BCUT2D eigenvalue weighted by Crippen LogP contribution is 2.22. The lowest BCUT2D eigenvalue weighted by molar-refractivity contribution is -0.116. The third-order valence-electron chi connectivity index (χ3n) is 3.07. The Morgan fingerprint density at radius 3 is 2.79 bits per heavy atom. The van der Waals surface area contributed by atoms with Gasteiger partial charge in [-0.15, -0.1) is 0 Å². The fraction of sp³-hybridized carbons (Fsp3) is 0.143. The Morgan fingerprint density at radius 1 is 1.21 bits per heavy atom. The molecule has 1 aromatic heterocycles. The molecule has 0 bridgehead atoms. The number of aliphatic imine (C=N–C) groups is 1. The van der Waals surface area contributed by atoms with E-state index in [-0.39, 0.29) is 12.5 Å². The van der Waals surface area contributed by atoms with Crippen molar-refractivity contribution in [2.24, 2.45) is 4.99 Å². The van der Waals surface area contributed by atoms with E-state index in [0.717, 1.165) is 11.3 Å². The summed E-state index contributed by atoms with van der Waals surface area (Å²) in [6, 6.07) is 9.74. The Bertz CT molecular complexity index is 652. The van der Waals surface area contributed by atoms with E-state index in [1.807, 2.05) is 30.3 Å². The summed E-state index contributed by atoms with van der Waals surface area (Å²) >= 11 is 0. The van der Waals surface area contributed by atoms with Crippen LogP contribution in [0.5, 0.6) is 0 Å². The summed E-state index contributed by atoms with van der Waals surface area (Å²) in [5.41, 5.74) is 3.06. The lowest BCUT2D eigenvalue weighted by Crippen LogP contribution is -2.28. The summed E-state index contributed by atoms with van der Waals surface area (Å²) in [7, 11) is 1.72. The van der Waals surface area contributed by atoms with Gasteiger partial charge >= 0.3 is 0 Å². The smallest absolute Gasteiger partial charge is 0.248 e. The maximum absolute atomic E-state index is 11.9. The molecule has 1 aliphatic rings. The average molecular weight is 252 g/mol. The van der Waals surface area contributed by atoms with E-state index < -0.39 is 0 Å². The second-order valence-electron chi connectivity index (χ2n) is 4.24. The molecule has 0 fully saturated rings. The number of hydrogen-bond donors (Lipinski definition) is 0. The molecular formula is C14H12N4O. The van der Waals surface area contributed by atoms with Crippen LogP contribution in [0.1, 0.15) is 11.3 Å². The monoisotopic (exact) mass is 252 g/mol. The third-order valence-corrected chi connectivity index (χ3v) is 3.07. The molecule has 1 aromatic carbocycles. The molecule has 1 aliphatic heterocycles. The molecule has 2 aromatic rings. The van der Waals surface area contributed by atoms with Gasteiger partial charge in [-0.3, -0.25) is 9.79 Å². The number of benzene rings is 1. The number of hydrogen-bond acceptors (Lipinski definition) is 4. The molecule has 0 atom stereocenters. The molecule has 1 amide bonds. The second-order valence-corrected chi connectivity index (χ2v) is 4.24. The number of rotatable bonds is 1. The lowest BCUT2D eigenvalue weighted by atomic mass is 10.1. The van der Waals surface area contributed by atoms with E-state index >= 15 is 0 Å². The quantitative estimate of drug-likeness (QED) is 0.768. The van der Waals surface area contributed by atoms with Gasteiger partial charge in [0, 0.05) is 12.6 Å². The molecule has 2 heterocycles. The largest absolute Gasteiger partial charge is 0.310 e. The molecule has 19 heavy (non-hydrogen) atoms. The number of carbonyl (C=O) groups is 1. The molecule has 5 nitrogen and oxygen atoms in total. The van der Waals surface area contributed by atoms with Gasteiger partial charge < -0.3 is 4.90 Å². The normalized spacial score (nSPS) is 14.7. The first-order chi connectivity index (χ1) is 9.27. The molecule has 94 valence electrons. The van der Waals surface area contributed by atoms with Crippen LogP contribution in [0.3, 0.4) is 0 Å². The first-order valence-corrected chi connectivity index (χ1v) is 5.94. The number of carbonyl (C=O) groups excluding carboxylic acids is 1. The highest BCUT2D eigenvalue weighted by molar-refractivity contribution is 6.18. The molecule has 0 radical (unpaired) electrons. The topological polar surface area (TPSA) is 58.5 Å². The van der Waals surface area contributed by atoms with Crippen LogP contribution in [-0.2, 0) is 4.79 Å². The molecule has 0 spiro atoms. The zero-order valence-corrected chi connectivity index (χ0v) is 10.4. The van der Waals surface area contributed by atoms with Gasteiger partial charge in [-0.2, -0.15) is 0 Å². The standard InChI is InChI=1S/C14H12N4O/c1-18-11-7-15-9-17-14(11)13(16-8-12(18)19)10-5-3-2-4-6-10/h2-7,9H,8H2,1H3. The SMILES string of the molecule is CN1C(=O)CN=C(c2ccccc2)c2ncncc21. The first-order valence-electron chi connectivity index (χ1n) is 5.94. The molecule has 0 N–H and O–H groups in total. The van der Waals surface area contributed by atoms with Crippen LogP contribution in [0.25, 0.3) is 0 Å². The summed E-state index contributed by atoms with van der Waals surface area (Å²) in [5, 5.41) is 0. The van der Waals surface area contributed by atoms with Gasteiger partial charge in [0.05, 0.1) is 17.6 Å². The fourth-order valence-electron chi connectivity index (χ4n) is 2.04. The van der Waals surface area contributed by atoms with Crippen molar-refractivity contribution in [2.75, 3.05) is 18.5 Å². The summed E-state index contributed by atoms with van der Waals surface area (Å²) in [6.07, 6.45) is 3.12. The maximum Gasteiger partial charge on any atom is 0.248 e. The van der Waals surface area contributed by atoms with E-state index in [1.165, 1.54) is 6.33 Å². The fourth-order valence-corrected chi connectivity index (χ4v) is 2.04. The van der Waals surface area contributed by atoms with Crippen molar-refractivity contribution < 1.29 is 4.79 Å². The van der Waals surface area contributed by atoms with Crippen LogP contribution in [0, 0.1) is 0 Å². The predicted octanol–water partition coefficient (Wildman–Crippen LogP) is 1.29. The second kappa shape index (κ2) is 4.61. The van der Waals surface area contributed by atoms with Gasteiger partial charge in [0.15, 0.2) is 0 Å². The minimum atomic E-state index is -0.0676. The van der Waals surface area contributed by atoms with Crippen LogP contribution in [0.2, 0.25) is 0 Å². The molecular weight excluding hydrogens is 240 g/mol. The molecule has 0 aliphatic carbocycles. The number of likely N-dealkylation sites (N-methyl/N-ethyl adjacent to an activating group) is 1. The zero-order valence-electron chi connectivity index (χ0n) is 10.4. The van der Waals surface area contributed by atoms with Crippen LogP contribution in [-0.4, -0.2) is 35.2 Å². The van der Waals surface area contributed by atoms with Crippen molar-refractivity contribution in [3.05, 3.63) is 54.1 Å². The molecule has 3 rings (SSSR count). The van der Waals surface area contributed by atoms with Crippen molar-refractivity contribution >= 4 is 17.3 Å². The number of anilines is 1. The van der Waals surface area contributed by atoms with Gasteiger partial charge in [-0.1, -0.05) is 30.3 Å². The summed E-state index contributed by atoms with van der Waals surface area (Å²) < 4.78 is 0. The van der Waals surface area contributed by atoms with Crippen molar-refractivity contribution in [3.8, 4) is 0 Å². The van der Waals surface area contributed by atoms with Crippen molar-refractivity contribution in [1.29, 1.82) is 0 Å². The Hall–Kier alpha value is -2.56. The average Bonchev–Trinajstić information content (AvgIpc) is 2.59. The van der Waals surface area contributed by atoms with Gasteiger partial charge in [0.25, 0.3) is 0 Å². The van der Waals surface area contributed by atoms with Crippen molar-refractivity contribution in [3.63, 3.8) is 0 Å². The van der Waals surface area contributed by atoms with E-state index in [2.05, 4.69) is 15.0 Å². The van der Waals surface area contributed by atoms with Crippen molar-refractivity contribution in [2.45, 2.75) is 0 Å². The summed E-state index contributed by atoms with van der Waals surface area (Å²) in [6.45, 7) is 0.122. The van der Waals surface area contributed by atoms with E-state index in [4.69, 9.17) is 0 Å². The van der Waals surface area contributed by atoms with Crippen LogP contribution in [0.4, 0.5) is 5.69 Å². The Kier molecular flexibility index (Phi) is 2.79. The van der Waals surface area contributed by atoms with Crippen LogP contribution in [0.15, 0.2) is 47.8 Å². The van der Waals surface area contributed by atoms with Crippen LogP contribution < -0.4 is 4.90 Å². The lowest BCUT2D eigenvalue weighted by Gasteiger charge is -2.15. The van der Waals surface area contributed by atoms with Gasteiger partial charge in [-0.05, 0) is 0 Å². The Morgan fingerprint density at radius 2 is 2.00 bits per heavy atom. The van der Waals surface area contributed by atoms with Gasteiger partial charge in [0.2, 0.25) is 5.91 Å². The van der Waals surface area contributed by atoms with E-state index in [1.54, 1.807) is 18.1 Å². The summed E-state index contributed by atoms with van der Waals surface area (Å²) in [4.78, 5) is 26.1. The summed E-state index contributed by atoms with van der Waals surface area (Å²) in [5.74, 6) is -0.0676. The highest BCUT2D eigenvalue weighted by atomic mass is 16.2. The number of nitrogens with zero attached hydrogens (tertiary/aromatic N) is 4. The number of amides is 1. The Balaban J connectivity index is 2.20. The van der Waals surface area contributed by atoms with Crippen LogP contribution >= 0.6 is 0 Å². The van der Waals surface area contributed by atoms with Crippen molar-refractivity contribution in [1.82, 2.24) is 9.97 Å². The molecule has 0 saturated heterocycles. The van der Waals surface area contributed by atoms with Gasteiger partial charge in [0.1, 0.15) is 18.6 Å². The highest BCUT2D eigenvalue weighted by Gasteiger charge is 2.23. The molecule has 0 saturated carbocycles. The minimum absolute atomic E-state index is 0.0676. The Labute approximate surface area is 110 Å². The number of aromatic nitrogens is 2.